The molecule has 0 aliphatic rings. The SMILES string of the molecule is CC(C)(C)OC(=O)NCCC(O)c1cccc(C#CCCC(N)=O)c1. The van der Waals surface area contributed by atoms with Crippen LogP contribution < -0.4 is 11.1 Å². The molecule has 1 aromatic carbocycles. The van der Waals surface area contributed by atoms with E-state index in [9.17, 15) is 14.7 Å². The number of ether oxygens (including phenoxy) is 1. The van der Waals surface area contributed by atoms with Crippen LogP contribution in [-0.4, -0.2) is 29.3 Å². The fourth-order valence-corrected chi connectivity index (χ4v) is 1.97. The first-order valence-corrected chi connectivity index (χ1v) is 8.19. The topological polar surface area (TPSA) is 102 Å². The number of aliphatic hydroxyl groups is 1. The van der Waals surface area contributed by atoms with Crippen LogP contribution in [0.1, 0.15) is 57.3 Å². The third-order valence-corrected chi connectivity index (χ3v) is 3.09. The third-order valence-electron chi connectivity index (χ3n) is 3.09. The number of nitrogens with one attached hydrogen (secondary N) is 1. The maximum Gasteiger partial charge on any atom is 0.407 e. The van der Waals surface area contributed by atoms with Crippen molar-refractivity contribution in [2.75, 3.05) is 6.54 Å². The van der Waals surface area contributed by atoms with E-state index in [-0.39, 0.29) is 12.3 Å². The number of amides is 2. The van der Waals surface area contributed by atoms with Gasteiger partial charge in [-0.3, -0.25) is 4.79 Å². The molecule has 0 spiro atoms. The molecule has 25 heavy (non-hydrogen) atoms. The van der Waals surface area contributed by atoms with Crippen LogP contribution in [0.2, 0.25) is 0 Å². The highest BCUT2D eigenvalue weighted by Gasteiger charge is 2.16. The first kappa shape index (κ1) is 20.5. The molecule has 1 atom stereocenters. The van der Waals surface area contributed by atoms with Gasteiger partial charge in [-0.1, -0.05) is 24.0 Å². The van der Waals surface area contributed by atoms with Gasteiger partial charge in [0.05, 0.1) is 6.10 Å². The molecule has 0 heterocycles. The molecular weight excluding hydrogens is 320 g/mol. The molecule has 0 aliphatic carbocycles. The van der Waals surface area contributed by atoms with Gasteiger partial charge in [0.15, 0.2) is 0 Å². The largest absolute Gasteiger partial charge is 0.444 e. The minimum absolute atomic E-state index is 0.228. The summed E-state index contributed by atoms with van der Waals surface area (Å²) in [4.78, 5) is 22.2. The van der Waals surface area contributed by atoms with Gasteiger partial charge in [-0.2, -0.15) is 0 Å². The number of nitrogens with two attached hydrogens (primary N) is 1. The van der Waals surface area contributed by atoms with Crippen molar-refractivity contribution in [1.29, 1.82) is 0 Å². The molecule has 0 bridgehead atoms. The van der Waals surface area contributed by atoms with E-state index in [1.54, 1.807) is 39.0 Å². The van der Waals surface area contributed by atoms with Gasteiger partial charge >= 0.3 is 6.09 Å². The lowest BCUT2D eigenvalue weighted by Crippen LogP contribution is -2.33. The highest BCUT2D eigenvalue weighted by Crippen LogP contribution is 2.17. The Labute approximate surface area is 148 Å². The average Bonchev–Trinajstić information content (AvgIpc) is 2.50. The van der Waals surface area contributed by atoms with Crippen molar-refractivity contribution >= 4 is 12.0 Å². The van der Waals surface area contributed by atoms with Crippen molar-refractivity contribution in [1.82, 2.24) is 5.32 Å². The number of primary amides is 1. The van der Waals surface area contributed by atoms with E-state index >= 15 is 0 Å². The summed E-state index contributed by atoms with van der Waals surface area (Å²) >= 11 is 0. The van der Waals surface area contributed by atoms with E-state index in [4.69, 9.17) is 10.5 Å². The van der Waals surface area contributed by atoms with E-state index in [1.165, 1.54) is 0 Å². The van der Waals surface area contributed by atoms with Gasteiger partial charge < -0.3 is 20.9 Å². The standard InChI is InChI=1S/C19H26N2O4/c1-19(2,3)25-18(24)21-12-11-16(22)15-9-6-8-14(13-15)7-4-5-10-17(20)23/h6,8-9,13,16,22H,5,10-12H2,1-3H3,(H2,20,23)(H,21,24). The van der Waals surface area contributed by atoms with Crippen molar-refractivity contribution in [3.8, 4) is 11.8 Å². The summed E-state index contributed by atoms with van der Waals surface area (Å²) in [6, 6.07) is 7.21. The molecule has 6 heteroatoms. The molecule has 1 rings (SSSR count). The van der Waals surface area contributed by atoms with Crippen LogP contribution in [0, 0.1) is 11.8 Å². The molecule has 6 nitrogen and oxygen atoms in total. The maximum absolute atomic E-state index is 11.6. The summed E-state index contributed by atoms with van der Waals surface area (Å²) in [6.07, 6.45) is -0.234. The lowest BCUT2D eigenvalue weighted by Gasteiger charge is -2.20. The normalized spacial score (nSPS) is 11.8. The summed E-state index contributed by atoms with van der Waals surface area (Å²) in [6.45, 7) is 5.66. The van der Waals surface area contributed by atoms with Crippen molar-refractivity contribution in [2.24, 2.45) is 5.73 Å². The van der Waals surface area contributed by atoms with Crippen LogP contribution in [0.4, 0.5) is 4.79 Å². The van der Waals surface area contributed by atoms with Crippen molar-refractivity contribution < 1.29 is 19.4 Å². The Morgan fingerprint density at radius 3 is 2.72 bits per heavy atom. The lowest BCUT2D eigenvalue weighted by atomic mass is 10.0. The molecule has 0 aromatic heterocycles. The Morgan fingerprint density at radius 2 is 2.08 bits per heavy atom. The van der Waals surface area contributed by atoms with Crippen molar-refractivity contribution in [3.05, 3.63) is 35.4 Å². The Kier molecular flexibility index (Phi) is 7.96. The number of aliphatic hydroxyl groups excluding tert-OH is 1. The molecule has 0 aliphatic heterocycles. The average molecular weight is 346 g/mol. The summed E-state index contributed by atoms with van der Waals surface area (Å²) in [5.74, 6) is 5.43. The third kappa shape index (κ3) is 9.38. The summed E-state index contributed by atoms with van der Waals surface area (Å²) < 4.78 is 5.13. The molecule has 1 unspecified atom stereocenters. The van der Waals surface area contributed by atoms with E-state index in [0.717, 1.165) is 5.56 Å². The van der Waals surface area contributed by atoms with E-state index in [0.29, 0.717) is 24.9 Å². The smallest absolute Gasteiger partial charge is 0.407 e. The number of hydrogen-bond donors (Lipinski definition) is 3. The number of carbonyl (C=O) groups is 2. The molecule has 0 saturated carbocycles. The summed E-state index contributed by atoms with van der Waals surface area (Å²) in [5.41, 5.74) is 5.97. The molecule has 136 valence electrons. The predicted octanol–water partition coefficient (Wildman–Crippen LogP) is 2.25. The van der Waals surface area contributed by atoms with Gasteiger partial charge in [-0.05, 0) is 44.9 Å². The summed E-state index contributed by atoms with van der Waals surface area (Å²) in [5, 5.41) is 12.8. The van der Waals surface area contributed by atoms with Gasteiger partial charge in [-0.15, -0.1) is 0 Å². The molecule has 2 amide bonds. The second kappa shape index (κ2) is 9.70. The minimum Gasteiger partial charge on any atom is -0.444 e. The Bertz CT molecular complexity index is 653. The number of benzene rings is 1. The van der Waals surface area contributed by atoms with Crippen LogP contribution >= 0.6 is 0 Å². The quantitative estimate of drug-likeness (QED) is 0.688. The highest BCUT2D eigenvalue weighted by molar-refractivity contribution is 5.74. The zero-order valence-electron chi connectivity index (χ0n) is 15.0. The fourth-order valence-electron chi connectivity index (χ4n) is 1.97. The molecule has 0 saturated heterocycles. The first-order valence-electron chi connectivity index (χ1n) is 8.19. The van der Waals surface area contributed by atoms with E-state index in [2.05, 4.69) is 17.2 Å². The van der Waals surface area contributed by atoms with E-state index < -0.39 is 17.8 Å². The fraction of sp³-hybridized carbons (Fsp3) is 0.474. The van der Waals surface area contributed by atoms with Crippen molar-refractivity contribution in [2.45, 2.75) is 51.7 Å². The Morgan fingerprint density at radius 1 is 1.36 bits per heavy atom. The van der Waals surface area contributed by atoms with Crippen LogP contribution in [-0.2, 0) is 9.53 Å². The molecular formula is C19H26N2O4. The van der Waals surface area contributed by atoms with E-state index in [1.807, 2.05) is 6.07 Å². The maximum atomic E-state index is 11.6. The summed E-state index contributed by atoms with van der Waals surface area (Å²) in [7, 11) is 0. The number of carbonyl (C=O) groups excluding carboxylic acids is 2. The zero-order chi connectivity index (χ0) is 18.9. The Balaban J connectivity index is 2.50. The van der Waals surface area contributed by atoms with Gasteiger partial charge in [0, 0.05) is 24.9 Å². The molecule has 0 fully saturated rings. The number of alkyl carbamates (subject to hydrolysis) is 1. The molecule has 4 N–H and O–H groups in total. The molecule has 1 aromatic rings. The first-order chi connectivity index (χ1) is 11.7. The monoisotopic (exact) mass is 346 g/mol. The van der Waals surface area contributed by atoms with Gasteiger partial charge in [-0.25, -0.2) is 4.79 Å². The van der Waals surface area contributed by atoms with Crippen LogP contribution in [0.15, 0.2) is 24.3 Å². The highest BCUT2D eigenvalue weighted by atomic mass is 16.6. The Hall–Kier alpha value is -2.52. The minimum atomic E-state index is -0.720. The van der Waals surface area contributed by atoms with Crippen molar-refractivity contribution in [3.63, 3.8) is 0 Å². The number of hydrogen-bond acceptors (Lipinski definition) is 4. The zero-order valence-corrected chi connectivity index (χ0v) is 15.0. The lowest BCUT2D eigenvalue weighted by molar-refractivity contribution is -0.117. The van der Waals surface area contributed by atoms with Crippen LogP contribution in [0.3, 0.4) is 0 Å². The van der Waals surface area contributed by atoms with Gasteiger partial charge in [0.25, 0.3) is 0 Å². The molecule has 0 radical (unpaired) electrons. The second-order valence-electron chi connectivity index (χ2n) is 6.63. The number of rotatable bonds is 6. The van der Waals surface area contributed by atoms with Gasteiger partial charge in [0.1, 0.15) is 5.60 Å². The van der Waals surface area contributed by atoms with Crippen LogP contribution in [0.5, 0.6) is 0 Å². The second-order valence-corrected chi connectivity index (χ2v) is 6.63. The van der Waals surface area contributed by atoms with Crippen LogP contribution in [0.25, 0.3) is 0 Å². The predicted molar refractivity (Wildman–Crippen MR) is 95.6 cm³/mol. The van der Waals surface area contributed by atoms with Gasteiger partial charge in [0.2, 0.25) is 5.91 Å².